The Balaban J connectivity index is 1.34. The van der Waals surface area contributed by atoms with E-state index in [1.54, 1.807) is 12.1 Å². The van der Waals surface area contributed by atoms with Crippen molar-refractivity contribution in [3.8, 4) is 5.75 Å². The highest BCUT2D eigenvalue weighted by molar-refractivity contribution is 6.30. The largest absolute Gasteiger partial charge is 0.490 e. The Morgan fingerprint density at radius 1 is 1.17 bits per heavy atom. The lowest BCUT2D eigenvalue weighted by molar-refractivity contribution is -0.101. The monoisotopic (exact) mass is 511 g/mol. The summed E-state index contributed by atoms with van der Waals surface area (Å²) >= 11 is 6.35. The van der Waals surface area contributed by atoms with Crippen LogP contribution in [-0.4, -0.2) is 54.7 Å². The van der Waals surface area contributed by atoms with Crippen LogP contribution in [-0.2, 0) is 16.6 Å². The molecular formula is C29H34ClNO5. The molecule has 6 rings (SSSR count). The zero-order valence-electron chi connectivity index (χ0n) is 20.5. The second-order valence-electron chi connectivity index (χ2n) is 11.2. The van der Waals surface area contributed by atoms with Crippen LogP contribution in [0.2, 0.25) is 5.02 Å². The maximum absolute atomic E-state index is 11.8. The average Bonchev–Trinajstić information content (AvgIpc) is 2.99. The van der Waals surface area contributed by atoms with Gasteiger partial charge in [-0.05, 0) is 98.2 Å². The van der Waals surface area contributed by atoms with Crippen LogP contribution in [0.4, 0.5) is 5.69 Å². The van der Waals surface area contributed by atoms with Crippen LogP contribution in [0.25, 0.3) is 0 Å². The van der Waals surface area contributed by atoms with E-state index in [1.807, 2.05) is 12.1 Å². The molecule has 1 spiro atoms. The first kappa shape index (κ1) is 24.1. The van der Waals surface area contributed by atoms with Gasteiger partial charge in [0.05, 0.1) is 30.1 Å². The molecule has 1 saturated carbocycles. The van der Waals surface area contributed by atoms with Gasteiger partial charge in [-0.25, -0.2) is 4.79 Å². The van der Waals surface area contributed by atoms with E-state index in [0.29, 0.717) is 37.9 Å². The Bertz CT molecular complexity index is 1150. The molecule has 0 bridgehead atoms. The number of nitrogens with zero attached hydrogens (tertiary/aromatic N) is 1. The molecule has 2 fully saturated rings. The third-order valence-corrected chi connectivity index (χ3v) is 9.22. The molecule has 2 aliphatic carbocycles. The van der Waals surface area contributed by atoms with Crippen LogP contribution in [0.5, 0.6) is 5.75 Å². The topological polar surface area (TPSA) is 79.2 Å². The quantitative estimate of drug-likeness (QED) is 0.596. The van der Waals surface area contributed by atoms with Crippen LogP contribution in [0, 0.1) is 11.8 Å². The van der Waals surface area contributed by atoms with Crippen LogP contribution in [0.15, 0.2) is 36.4 Å². The molecule has 0 radical (unpaired) electrons. The SMILES string of the molecule is O=C(O)c1ccc2c(c1)N(C[C@@H]1CC[C@H]1[C@@H]1C[C@H](O)CCO1)CC1(CCCc3cc(Cl)ccc31)CO2. The molecule has 2 N–H and O–H groups in total. The van der Waals surface area contributed by atoms with Gasteiger partial charge in [0, 0.05) is 30.1 Å². The van der Waals surface area contributed by atoms with Gasteiger partial charge in [0.2, 0.25) is 0 Å². The van der Waals surface area contributed by atoms with Crippen LogP contribution in [0.1, 0.15) is 60.0 Å². The number of benzene rings is 2. The van der Waals surface area contributed by atoms with Crippen molar-refractivity contribution in [2.75, 3.05) is 31.2 Å². The van der Waals surface area contributed by atoms with E-state index in [0.717, 1.165) is 61.7 Å². The molecular weight excluding hydrogens is 478 g/mol. The average molecular weight is 512 g/mol. The highest BCUT2D eigenvalue weighted by Gasteiger charge is 2.45. The number of hydrogen-bond donors (Lipinski definition) is 2. The minimum atomic E-state index is -0.930. The van der Waals surface area contributed by atoms with Gasteiger partial charge in [-0.2, -0.15) is 0 Å². The minimum absolute atomic E-state index is 0.104. The predicted molar refractivity (Wildman–Crippen MR) is 138 cm³/mol. The fraction of sp³-hybridized carbons (Fsp3) is 0.552. The van der Waals surface area contributed by atoms with Crippen molar-refractivity contribution < 1.29 is 24.5 Å². The number of aliphatic hydroxyl groups excluding tert-OH is 1. The Labute approximate surface area is 217 Å². The Morgan fingerprint density at radius 3 is 2.83 bits per heavy atom. The number of carbonyl (C=O) groups is 1. The number of aryl methyl sites for hydroxylation is 1. The molecule has 1 unspecified atom stereocenters. The summed E-state index contributed by atoms with van der Waals surface area (Å²) in [4.78, 5) is 14.2. The fourth-order valence-corrected chi connectivity index (χ4v) is 7.14. The summed E-state index contributed by atoms with van der Waals surface area (Å²) in [6, 6.07) is 11.5. The maximum atomic E-state index is 11.8. The fourth-order valence-electron chi connectivity index (χ4n) is 6.95. The minimum Gasteiger partial charge on any atom is -0.490 e. The molecule has 192 valence electrons. The lowest BCUT2D eigenvalue weighted by Gasteiger charge is -2.47. The number of carboxylic acid groups (broad SMARTS) is 1. The number of carboxylic acids is 1. The molecule has 7 heteroatoms. The Hall–Kier alpha value is -2.28. The van der Waals surface area contributed by atoms with Crippen LogP contribution < -0.4 is 9.64 Å². The number of anilines is 1. The van der Waals surface area contributed by atoms with E-state index in [4.69, 9.17) is 21.1 Å². The zero-order chi connectivity index (χ0) is 24.9. The number of ether oxygens (including phenoxy) is 2. The van der Waals surface area contributed by atoms with Crippen molar-refractivity contribution in [2.24, 2.45) is 11.8 Å². The van der Waals surface area contributed by atoms with Gasteiger partial charge in [-0.1, -0.05) is 17.7 Å². The zero-order valence-corrected chi connectivity index (χ0v) is 21.3. The predicted octanol–water partition coefficient (Wildman–Crippen LogP) is 5.08. The number of rotatable bonds is 4. The van der Waals surface area contributed by atoms with E-state index < -0.39 is 5.97 Å². The maximum Gasteiger partial charge on any atom is 0.335 e. The molecule has 2 aromatic rings. The molecule has 0 amide bonds. The van der Waals surface area contributed by atoms with E-state index in [-0.39, 0.29) is 23.2 Å². The van der Waals surface area contributed by atoms with E-state index in [2.05, 4.69) is 17.0 Å². The molecule has 2 aliphatic heterocycles. The standard InChI is InChI=1S/C29H34ClNO5/c30-21-5-7-24-18(12-21)2-1-10-29(24)16-31(25-13-19(28(33)34)4-8-26(25)36-17-29)15-20-3-6-23(20)27-14-22(32)9-11-35-27/h4-5,7-8,12-13,20,22-23,27,32H,1-3,6,9-11,14-17H2,(H,33,34)/t20-,22+,23+,27-,29?/m0/s1. The van der Waals surface area contributed by atoms with Crippen molar-refractivity contribution in [2.45, 2.75) is 62.6 Å². The van der Waals surface area contributed by atoms with Crippen molar-refractivity contribution in [1.29, 1.82) is 0 Å². The summed E-state index contributed by atoms with van der Waals surface area (Å²) < 4.78 is 12.5. The van der Waals surface area contributed by atoms with Crippen LogP contribution >= 0.6 is 11.6 Å². The smallest absolute Gasteiger partial charge is 0.335 e. The van der Waals surface area contributed by atoms with Gasteiger partial charge in [-0.3, -0.25) is 0 Å². The molecule has 2 heterocycles. The third kappa shape index (κ3) is 4.37. The van der Waals surface area contributed by atoms with Crippen LogP contribution in [0.3, 0.4) is 0 Å². The van der Waals surface area contributed by atoms with Gasteiger partial charge in [-0.15, -0.1) is 0 Å². The number of hydrogen-bond acceptors (Lipinski definition) is 5. The summed E-state index contributed by atoms with van der Waals surface area (Å²) in [5, 5.41) is 20.7. The second-order valence-corrected chi connectivity index (χ2v) is 11.6. The molecule has 5 atom stereocenters. The first-order valence-electron chi connectivity index (χ1n) is 13.3. The second kappa shape index (κ2) is 9.55. The van der Waals surface area contributed by atoms with Gasteiger partial charge in [0.25, 0.3) is 0 Å². The van der Waals surface area contributed by atoms with Gasteiger partial charge in [0.1, 0.15) is 5.75 Å². The van der Waals surface area contributed by atoms with Crippen molar-refractivity contribution >= 4 is 23.3 Å². The number of fused-ring (bicyclic) bond motifs is 3. The van der Waals surface area contributed by atoms with Crippen molar-refractivity contribution in [1.82, 2.24) is 0 Å². The summed E-state index contributed by atoms with van der Waals surface area (Å²) in [6.07, 6.45) is 6.59. The van der Waals surface area contributed by atoms with Gasteiger partial charge >= 0.3 is 5.97 Å². The van der Waals surface area contributed by atoms with E-state index in [1.165, 1.54) is 11.1 Å². The third-order valence-electron chi connectivity index (χ3n) is 8.98. The summed E-state index contributed by atoms with van der Waals surface area (Å²) in [7, 11) is 0. The highest BCUT2D eigenvalue weighted by atomic mass is 35.5. The summed E-state index contributed by atoms with van der Waals surface area (Å²) in [6.45, 7) is 2.78. The first-order chi connectivity index (χ1) is 17.4. The molecule has 6 nitrogen and oxygen atoms in total. The Morgan fingerprint density at radius 2 is 2.06 bits per heavy atom. The van der Waals surface area contributed by atoms with Gasteiger partial charge in [0.15, 0.2) is 0 Å². The normalized spacial score (nSPS) is 31.6. The van der Waals surface area contributed by atoms with Crippen molar-refractivity contribution in [3.63, 3.8) is 0 Å². The summed E-state index contributed by atoms with van der Waals surface area (Å²) in [5.74, 6) is 0.673. The molecule has 0 aromatic heterocycles. The molecule has 2 aromatic carbocycles. The number of aliphatic hydroxyl groups is 1. The molecule has 4 aliphatic rings. The summed E-state index contributed by atoms with van der Waals surface area (Å²) in [5.41, 5.74) is 3.55. The van der Waals surface area contributed by atoms with Crippen molar-refractivity contribution in [3.05, 3.63) is 58.1 Å². The number of aromatic carboxylic acids is 1. The lowest BCUT2D eigenvalue weighted by atomic mass is 9.67. The lowest BCUT2D eigenvalue weighted by Crippen LogP contribution is -2.50. The van der Waals surface area contributed by atoms with E-state index in [9.17, 15) is 15.0 Å². The molecule has 1 saturated heterocycles. The van der Waals surface area contributed by atoms with E-state index >= 15 is 0 Å². The molecule has 36 heavy (non-hydrogen) atoms. The number of halogens is 1. The highest BCUT2D eigenvalue weighted by Crippen LogP contribution is 2.47. The van der Waals surface area contributed by atoms with Gasteiger partial charge < -0.3 is 24.6 Å². The first-order valence-corrected chi connectivity index (χ1v) is 13.6. The Kier molecular flexibility index (Phi) is 6.39.